The summed E-state index contributed by atoms with van der Waals surface area (Å²) < 4.78 is 18.4. The van der Waals surface area contributed by atoms with E-state index in [2.05, 4.69) is 16.2 Å². The number of rotatable bonds is 5. The van der Waals surface area contributed by atoms with E-state index in [1.54, 1.807) is 12.1 Å². The Kier molecular flexibility index (Phi) is 5.69. The summed E-state index contributed by atoms with van der Waals surface area (Å²) in [6.07, 6.45) is 3.01. The van der Waals surface area contributed by atoms with Crippen LogP contribution in [0.4, 0.5) is 4.39 Å². The van der Waals surface area contributed by atoms with Crippen molar-refractivity contribution in [2.24, 2.45) is 5.92 Å². The third-order valence-corrected chi connectivity index (χ3v) is 5.44. The Bertz CT molecular complexity index is 976. The molecule has 2 heterocycles. The van der Waals surface area contributed by atoms with Gasteiger partial charge in [-0.1, -0.05) is 35.0 Å². The molecule has 1 aromatic heterocycles. The fraction of sp³-hybridized carbons (Fsp3) is 0.348. The SMILES string of the molecule is Cc1cccc(CC(=O)N2CCC(Cc3nc(-c4ccc(F)cc4)no3)CC2)c1. The van der Waals surface area contributed by atoms with Gasteiger partial charge in [-0.25, -0.2) is 4.39 Å². The number of amides is 1. The second-order valence-corrected chi connectivity index (χ2v) is 7.71. The second-order valence-electron chi connectivity index (χ2n) is 7.71. The van der Waals surface area contributed by atoms with Crippen LogP contribution in [0.5, 0.6) is 0 Å². The van der Waals surface area contributed by atoms with E-state index in [9.17, 15) is 9.18 Å². The summed E-state index contributed by atoms with van der Waals surface area (Å²) in [6.45, 7) is 3.56. The molecular formula is C23H24FN3O2. The zero-order chi connectivity index (χ0) is 20.2. The molecule has 29 heavy (non-hydrogen) atoms. The number of hydrogen-bond acceptors (Lipinski definition) is 4. The predicted molar refractivity (Wildman–Crippen MR) is 108 cm³/mol. The highest BCUT2D eigenvalue weighted by atomic mass is 19.1. The first-order valence-electron chi connectivity index (χ1n) is 9.98. The summed E-state index contributed by atoms with van der Waals surface area (Å²) in [5.74, 6) is 1.38. The van der Waals surface area contributed by atoms with Crippen molar-refractivity contribution in [2.45, 2.75) is 32.6 Å². The van der Waals surface area contributed by atoms with Crippen LogP contribution in [-0.2, 0) is 17.6 Å². The lowest BCUT2D eigenvalue weighted by Gasteiger charge is -2.31. The molecule has 1 aliphatic rings. The smallest absolute Gasteiger partial charge is 0.227 e. The van der Waals surface area contributed by atoms with Gasteiger partial charge in [0.25, 0.3) is 0 Å². The van der Waals surface area contributed by atoms with Crippen LogP contribution in [-0.4, -0.2) is 34.0 Å². The summed E-state index contributed by atoms with van der Waals surface area (Å²) in [6, 6.07) is 14.2. The first-order chi connectivity index (χ1) is 14.1. The Morgan fingerprint density at radius 3 is 2.66 bits per heavy atom. The molecule has 5 nitrogen and oxygen atoms in total. The Morgan fingerprint density at radius 2 is 1.93 bits per heavy atom. The molecule has 0 atom stereocenters. The number of aromatic nitrogens is 2. The first kappa shape index (κ1) is 19.3. The summed E-state index contributed by atoms with van der Waals surface area (Å²) >= 11 is 0. The number of halogens is 1. The molecule has 2 aromatic carbocycles. The maximum absolute atomic E-state index is 13.1. The van der Waals surface area contributed by atoms with Crippen LogP contribution < -0.4 is 0 Å². The molecule has 1 amide bonds. The minimum atomic E-state index is -0.291. The van der Waals surface area contributed by atoms with E-state index in [4.69, 9.17) is 4.52 Å². The molecule has 0 bridgehead atoms. The van der Waals surface area contributed by atoms with Gasteiger partial charge in [0.1, 0.15) is 5.82 Å². The highest BCUT2D eigenvalue weighted by Crippen LogP contribution is 2.23. The Morgan fingerprint density at radius 1 is 1.17 bits per heavy atom. The number of piperidine rings is 1. The van der Waals surface area contributed by atoms with E-state index >= 15 is 0 Å². The number of benzene rings is 2. The highest BCUT2D eigenvalue weighted by molar-refractivity contribution is 5.78. The molecule has 1 saturated heterocycles. The lowest BCUT2D eigenvalue weighted by atomic mass is 9.93. The lowest BCUT2D eigenvalue weighted by molar-refractivity contribution is -0.131. The van der Waals surface area contributed by atoms with Crippen molar-refractivity contribution >= 4 is 5.91 Å². The zero-order valence-corrected chi connectivity index (χ0v) is 16.5. The number of carbonyl (C=O) groups is 1. The average molecular weight is 393 g/mol. The molecule has 0 saturated carbocycles. The summed E-state index contributed by atoms with van der Waals surface area (Å²) in [7, 11) is 0. The van der Waals surface area contributed by atoms with Gasteiger partial charge < -0.3 is 9.42 Å². The van der Waals surface area contributed by atoms with Gasteiger partial charge in [-0.15, -0.1) is 0 Å². The van der Waals surface area contributed by atoms with E-state index in [0.29, 0.717) is 30.5 Å². The zero-order valence-electron chi connectivity index (χ0n) is 16.5. The van der Waals surface area contributed by atoms with Gasteiger partial charge in [-0.2, -0.15) is 4.98 Å². The fourth-order valence-corrected chi connectivity index (χ4v) is 3.80. The van der Waals surface area contributed by atoms with Crippen LogP contribution in [0.3, 0.4) is 0 Å². The molecule has 1 fully saturated rings. The standard InChI is InChI=1S/C23H24FN3O2/c1-16-3-2-4-18(13-16)15-22(28)27-11-9-17(10-12-27)14-21-25-23(26-29-21)19-5-7-20(24)8-6-19/h2-8,13,17H,9-12,14-15H2,1H3. The normalized spacial score (nSPS) is 14.9. The molecule has 0 unspecified atom stereocenters. The number of likely N-dealkylation sites (tertiary alicyclic amines) is 1. The molecule has 0 radical (unpaired) electrons. The van der Waals surface area contributed by atoms with Crippen LogP contribution >= 0.6 is 0 Å². The maximum atomic E-state index is 13.1. The molecule has 0 aliphatic carbocycles. The first-order valence-corrected chi connectivity index (χ1v) is 9.98. The molecule has 6 heteroatoms. The van der Waals surface area contributed by atoms with E-state index in [1.165, 1.54) is 17.7 Å². The van der Waals surface area contributed by atoms with Crippen molar-refractivity contribution in [3.05, 3.63) is 71.4 Å². The van der Waals surface area contributed by atoms with Crippen LogP contribution in [0.15, 0.2) is 53.1 Å². The van der Waals surface area contributed by atoms with E-state index < -0.39 is 0 Å². The summed E-state index contributed by atoms with van der Waals surface area (Å²) in [5.41, 5.74) is 2.97. The van der Waals surface area contributed by atoms with Crippen molar-refractivity contribution in [3.8, 4) is 11.4 Å². The van der Waals surface area contributed by atoms with Crippen LogP contribution in [0.25, 0.3) is 11.4 Å². The Balaban J connectivity index is 1.29. The molecule has 0 N–H and O–H groups in total. The Labute approximate surface area is 169 Å². The van der Waals surface area contributed by atoms with Crippen LogP contribution in [0.1, 0.15) is 29.9 Å². The van der Waals surface area contributed by atoms with E-state index in [-0.39, 0.29) is 11.7 Å². The van der Waals surface area contributed by atoms with Gasteiger partial charge >= 0.3 is 0 Å². The van der Waals surface area contributed by atoms with Crippen molar-refractivity contribution in [2.75, 3.05) is 13.1 Å². The highest BCUT2D eigenvalue weighted by Gasteiger charge is 2.24. The van der Waals surface area contributed by atoms with Crippen molar-refractivity contribution < 1.29 is 13.7 Å². The van der Waals surface area contributed by atoms with Crippen LogP contribution in [0, 0.1) is 18.7 Å². The minimum absolute atomic E-state index is 0.186. The maximum Gasteiger partial charge on any atom is 0.227 e. The van der Waals surface area contributed by atoms with Crippen molar-refractivity contribution in [3.63, 3.8) is 0 Å². The predicted octanol–water partition coefficient (Wildman–Crippen LogP) is 4.21. The fourth-order valence-electron chi connectivity index (χ4n) is 3.80. The lowest BCUT2D eigenvalue weighted by Crippen LogP contribution is -2.39. The second kappa shape index (κ2) is 8.55. The largest absolute Gasteiger partial charge is 0.342 e. The number of nitrogens with zero attached hydrogens (tertiary/aromatic N) is 3. The number of aryl methyl sites for hydroxylation is 1. The minimum Gasteiger partial charge on any atom is -0.342 e. The molecule has 1 aliphatic heterocycles. The van der Waals surface area contributed by atoms with Gasteiger partial charge in [0, 0.05) is 25.1 Å². The molecular weight excluding hydrogens is 369 g/mol. The van der Waals surface area contributed by atoms with E-state index in [0.717, 1.165) is 37.1 Å². The number of hydrogen-bond donors (Lipinski definition) is 0. The van der Waals surface area contributed by atoms with Gasteiger partial charge in [0.15, 0.2) is 0 Å². The van der Waals surface area contributed by atoms with Crippen LogP contribution in [0.2, 0.25) is 0 Å². The Hall–Kier alpha value is -3.02. The third kappa shape index (κ3) is 4.88. The van der Waals surface area contributed by atoms with E-state index in [1.807, 2.05) is 30.0 Å². The quantitative estimate of drug-likeness (QED) is 0.652. The van der Waals surface area contributed by atoms with Gasteiger partial charge in [0.05, 0.1) is 6.42 Å². The summed E-state index contributed by atoms with van der Waals surface area (Å²) in [4.78, 5) is 19.0. The van der Waals surface area contributed by atoms with Gasteiger partial charge in [0.2, 0.25) is 17.6 Å². The molecule has 4 rings (SSSR count). The number of carbonyl (C=O) groups excluding carboxylic acids is 1. The molecule has 0 spiro atoms. The van der Waals surface area contributed by atoms with Crippen molar-refractivity contribution in [1.29, 1.82) is 0 Å². The molecule has 150 valence electrons. The topological polar surface area (TPSA) is 59.2 Å². The van der Waals surface area contributed by atoms with Gasteiger partial charge in [-0.05, 0) is 55.5 Å². The van der Waals surface area contributed by atoms with Crippen molar-refractivity contribution in [1.82, 2.24) is 15.0 Å². The average Bonchev–Trinajstić information content (AvgIpc) is 3.17. The summed E-state index contributed by atoms with van der Waals surface area (Å²) in [5, 5.41) is 4.01. The molecule has 3 aromatic rings. The third-order valence-electron chi connectivity index (χ3n) is 5.44. The van der Waals surface area contributed by atoms with Gasteiger partial charge in [-0.3, -0.25) is 4.79 Å². The monoisotopic (exact) mass is 393 g/mol.